The molecule has 0 radical (unpaired) electrons. The number of ether oxygens (including phenoxy) is 2. The molecule has 240 valence electrons. The van der Waals surface area contributed by atoms with Crippen molar-refractivity contribution in [1.82, 2.24) is 10.0 Å². The van der Waals surface area contributed by atoms with Crippen molar-refractivity contribution >= 4 is 55.7 Å². The smallest absolute Gasteiger partial charge is 0.359 e. The molecule has 2 amide bonds. The Morgan fingerprint density at radius 1 is 1.11 bits per heavy atom. The topological polar surface area (TPSA) is 171 Å². The third-order valence-electron chi connectivity index (χ3n) is 6.88. The number of quaternary nitrogens is 1. The number of para-hydroxylation sites is 1. The number of hydrogen-bond acceptors (Lipinski definition) is 10. The van der Waals surface area contributed by atoms with Gasteiger partial charge in [-0.1, -0.05) is 62.6 Å². The van der Waals surface area contributed by atoms with Gasteiger partial charge >= 0.3 is 11.9 Å². The normalized spacial score (nSPS) is 18.8. The monoisotopic (exact) mass is 721 g/mol. The first kappa shape index (κ1) is 34.6. The van der Waals surface area contributed by atoms with Crippen LogP contribution in [0.5, 0.6) is 5.75 Å². The molecule has 1 saturated heterocycles. The highest BCUT2D eigenvalue weighted by atomic mass is 79.9. The predicted molar refractivity (Wildman–Crippen MR) is 169 cm³/mol. The van der Waals surface area contributed by atoms with Gasteiger partial charge in [0, 0.05) is 11.0 Å². The summed E-state index contributed by atoms with van der Waals surface area (Å²) in [7, 11) is -2.76. The van der Waals surface area contributed by atoms with Crippen LogP contribution in [0, 0.1) is 5.21 Å². The van der Waals surface area contributed by atoms with Gasteiger partial charge in [0.25, 0.3) is 0 Å². The Hall–Kier alpha value is -3.31. The SMILES string of the molecule is COC(=O)c1ccccc1OCCCCNC(=O)C(Cc1ccc(C2CC(=O)[N+]([O-])(O)S2)c(Br)c1)NS(=O)(=O)c1ccccc1. The second-order valence-electron chi connectivity index (χ2n) is 10.1. The molecule has 3 atom stereocenters. The molecule has 0 bridgehead atoms. The molecule has 4 rings (SSSR count). The molecule has 15 heteroatoms. The number of hydroxylamine groups is 2. The van der Waals surface area contributed by atoms with Crippen LogP contribution in [0.1, 0.15) is 46.0 Å². The number of carbonyl (C=O) groups excluding carboxylic acids is 3. The van der Waals surface area contributed by atoms with Crippen molar-refractivity contribution in [2.45, 2.75) is 41.9 Å². The van der Waals surface area contributed by atoms with E-state index in [0.29, 0.717) is 51.7 Å². The van der Waals surface area contributed by atoms with E-state index in [1.807, 2.05) is 0 Å². The number of methoxy groups -OCH3 is 1. The van der Waals surface area contributed by atoms with E-state index < -0.39 is 43.3 Å². The van der Waals surface area contributed by atoms with Gasteiger partial charge in [0.05, 0.1) is 25.0 Å². The molecule has 0 spiro atoms. The van der Waals surface area contributed by atoms with E-state index in [4.69, 9.17) is 9.47 Å². The van der Waals surface area contributed by atoms with E-state index in [0.717, 1.165) is 0 Å². The Labute approximate surface area is 273 Å². The van der Waals surface area contributed by atoms with Gasteiger partial charge in [0.2, 0.25) is 15.9 Å². The van der Waals surface area contributed by atoms with Crippen LogP contribution in [0.2, 0.25) is 0 Å². The summed E-state index contributed by atoms with van der Waals surface area (Å²) < 4.78 is 37.8. The Kier molecular flexibility index (Phi) is 11.8. The summed E-state index contributed by atoms with van der Waals surface area (Å²) in [4.78, 5) is 37.1. The minimum Gasteiger partial charge on any atom is -0.579 e. The number of unbranched alkanes of at least 4 members (excludes halogenated alkanes) is 1. The molecule has 1 aliphatic heterocycles. The molecule has 3 N–H and O–H groups in total. The van der Waals surface area contributed by atoms with Crippen LogP contribution < -0.4 is 14.8 Å². The lowest BCUT2D eigenvalue weighted by atomic mass is 10.0. The summed E-state index contributed by atoms with van der Waals surface area (Å²) in [6.07, 6.45) is 0.923. The lowest BCUT2D eigenvalue weighted by Crippen LogP contribution is -2.48. The van der Waals surface area contributed by atoms with Gasteiger partial charge < -0.3 is 20.0 Å². The van der Waals surface area contributed by atoms with Crippen molar-refractivity contribution in [3.8, 4) is 5.75 Å². The van der Waals surface area contributed by atoms with E-state index in [9.17, 15) is 33.2 Å². The van der Waals surface area contributed by atoms with Gasteiger partial charge in [-0.15, -0.1) is 0 Å². The quantitative estimate of drug-likeness (QED) is 0.0541. The number of benzene rings is 3. The number of esters is 1. The number of carbonyl (C=O) groups is 3. The van der Waals surface area contributed by atoms with Crippen LogP contribution >= 0.6 is 27.9 Å². The molecule has 1 fully saturated rings. The summed E-state index contributed by atoms with van der Waals surface area (Å²) in [5.74, 6) is -1.50. The zero-order valence-electron chi connectivity index (χ0n) is 24.2. The number of amides is 2. The molecule has 45 heavy (non-hydrogen) atoms. The van der Waals surface area contributed by atoms with Crippen LogP contribution in [-0.4, -0.2) is 61.9 Å². The standard InChI is InChI=1S/C30H32BrN3O9S2/c1-42-30(37)23-11-5-6-12-26(23)43-16-8-7-15-32-29(36)25(33-45(40,41)21-9-3-2-4-10-21)18-20-13-14-22(24(31)17-20)27-19-28(35)34(38,39)44-27/h2-6,9-14,17,25,27,33,38H,7-8,15-16,18-19H2,1H3,(H,32,36). The summed E-state index contributed by atoms with van der Waals surface area (Å²) >= 11 is 4.01. The number of nitrogens with zero attached hydrogens (tertiary/aromatic N) is 1. The minimum absolute atomic E-state index is 0.00248. The Morgan fingerprint density at radius 2 is 1.82 bits per heavy atom. The summed E-state index contributed by atoms with van der Waals surface area (Å²) in [5, 5.41) is 23.8. The molecule has 1 heterocycles. The third kappa shape index (κ3) is 9.13. The maximum absolute atomic E-state index is 13.3. The summed E-state index contributed by atoms with van der Waals surface area (Å²) in [6, 6.07) is 18.3. The molecule has 1 aliphatic rings. The molecular formula is C30H32BrN3O9S2. The van der Waals surface area contributed by atoms with Crippen molar-refractivity contribution in [1.29, 1.82) is 0 Å². The van der Waals surface area contributed by atoms with E-state index >= 15 is 0 Å². The minimum atomic E-state index is -4.04. The average molecular weight is 723 g/mol. The van der Waals surface area contributed by atoms with Crippen molar-refractivity contribution < 1.29 is 41.7 Å². The second kappa shape index (κ2) is 15.3. The number of nitrogens with one attached hydrogen (secondary N) is 2. The first-order chi connectivity index (χ1) is 21.4. The highest BCUT2D eigenvalue weighted by Crippen LogP contribution is 2.47. The molecule has 0 saturated carbocycles. The number of rotatable bonds is 14. The van der Waals surface area contributed by atoms with Crippen LogP contribution in [0.3, 0.4) is 0 Å². The lowest BCUT2D eigenvalue weighted by Gasteiger charge is -2.22. The Bertz CT molecular complexity index is 1640. The van der Waals surface area contributed by atoms with Crippen molar-refractivity contribution in [2.75, 3.05) is 20.3 Å². The van der Waals surface area contributed by atoms with Gasteiger partial charge in [-0.05, 0) is 60.7 Å². The average Bonchev–Trinajstić information content (AvgIpc) is 3.29. The molecule has 0 aromatic heterocycles. The fourth-order valence-corrected chi connectivity index (χ4v) is 7.71. The summed E-state index contributed by atoms with van der Waals surface area (Å²) in [6.45, 7) is 0.526. The van der Waals surface area contributed by atoms with E-state index in [-0.39, 0.29) is 30.9 Å². The van der Waals surface area contributed by atoms with Crippen LogP contribution in [0.25, 0.3) is 0 Å². The fraction of sp³-hybridized carbons (Fsp3) is 0.300. The van der Waals surface area contributed by atoms with Gasteiger partial charge in [-0.3, -0.25) is 4.79 Å². The van der Waals surface area contributed by atoms with E-state index in [1.54, 1.807) is 60.7 Å². The fourth-order valence-electron chi connectivity index (χ4n) is 4.56. The number of halogens is 1. The molecular weight excluding hydrogens is 690 g/mol. The zero-order valence-corrected chi connectivity index (χ0v) is 27.4. The molecule has 3 aromatic rings. The van der Waals surface area contributed by atoms with Crippen molar-refractivity contribution in [2.24, 2.45) is 0 Å². The highest BCUT2D eigenvalue weighted by molar-refractivity contribution is 9.10. The lowest BCUT2D eigenvalue weighted by molar-refractivity contribution is -0.880. The molecule has 3 aromatic carbocycles. The molecule has 3 unspecified atom stereocenters. The first-order valence-electron chi connectivity index (χ1n) is 13.9. The van der Waals surface area contributed by atoms with Gasteiger partial charge in [-0.2, -0.15) is 9.93 Å². The third-order valence-corrected chi connectivity index (χ3v) is 10.2. The summed E-state index contributed by atoms with van der Waals surface area (Å²) in [5.41, 5.74) is 1.53. The van der Waals surface area contributed by atoms with E-state index in [1.165, 1.54) is 19.2 Å². The second-order valence-corrected chi connectivity index (χ2v) is 13.9. The van der Waals surface area contributed by atoms with Crippen molar-refractivity contribution in [3.05, 3.63) is 99.2 Å². The Balaban J connectivity index is 1.39. The molecule has 0 aliphatic carbocycles. The van der Waals surface area contributed by atoms with Crippen LogP contribution in [0.4, 0.5) is 0 Å². The maximum atomic E-state index is 13.3. The maximum Gasteiger partial charge on any atom is 0.359 e. The molecule has 12 nitrogen and oxygen atoms in total. The largest absolute Gasteiger partial charge is 0.579 e. The van der Waals surface area contributed by atoms with Crippen LogP contribution in [0.15, 0.2) is 82.2 Å². The zero-order chi connectivity index (χ0) is 32.6. The highest BCUT2D eigenvalue weighted by Gasteiger charge is 2.44. The Morgan fingerprint density at radius 3 is 2.49 bits per heavy atom. The van der Waals surface area contributed by atoms with Crippen molar-refractivity contribution in [3.63, 3.8) is 0 Å². The van der Waals surface area contributed by atoms with Gasteiger partial charge in [0.1, 0.15) is 34.6 Å². The predicted octanol–water partition coefficient (Wildman–Crippen LogP) is 4.42. The van der Waals surface area contributed by atoms with E-state index in [2.05, 4.69) is 26.0 Å². The number of hydrogen-bond donors (Lipinski definition) is 3. The number of sulfonamides is 1. The first-order valence-corrected chi connectivity index (χ1v) is 17.0. The van der Waals surface area contributed by atoms with Gasteiger partial charge in [0.15, 0.2) is 0 Å². The van der Waals surface area contributed by atoms with Gasteiger partial charge in [-0.25, -0.2) is 18.0 Å². The van der Waals surface area contributed by atoms with Crippen LogP contribution in [-0.2, 0) is 30.8 Å².